The molecule has 4 nitrogen and oxygen atoms in total. The molecular weight excluding hydrogens is 261 g/mol. The van der Waals surface area contributed by atoms with Crippen molar-refractivity contribution < 1.29 is 19.0 Å². The number of methoxy groups -OCH3 is 1. The number of aliphatic carboxylic acids is 1. The Hall–Kier alpha value is -1.88. The van der Waals surface area contributed by atoms with Crippen LogP contribution >= 0.6 is 0 Å². The summed E-state index contributed by atoms with van der Waals surface area (Å²) in [5.41, 5.74) is 1.78. The highest BCUT2D eigenvalue weighted by molar-refractivity contribution is 5.80. The van der Waals surface area contributed by atoms with Gasteiger partial charge < -0.3 is 9.84 Å². The van der Waals surface area contributed by atoms with Crippen LogP contribution in [0.15, 0.2) is 29.8 Å². The Morgan fingerprint density at radius 3 is 2.75 bits per heavy atom. The minimum absolute atomic E-state index is 0.274. The van der Waals surface area contributed by atoms with Gasteiger partial charge in [-0.15, -0.1) is 0 Å². The first-order chi connectivity index (χ1) is 9.58. The van der Waals surface area contributed by atoms with E-state index in [2.05, 4.69) is 4.90 Å². The van der Waals surface area contributed by atoms with E-state index in [1.807, 2.05) is 0 Å². The number of ether oxygens (including phenoxy) is 1. The number of halogens is 1. The number of carbonyl (C=O) groups is 1. The zero-order valence-corrected chi connectivity index (χ0v) is 11.4. The molecule has 0 spiro atoms. The molecule has 20 heavy (non-hydrogen) atoms. The maximum atomic E-state index is 13.3. The molecule has 108 valence electrons. The van der Waals surface area contributed by atoms with E-state index in [0.717, 1.165) is 37.1 Å². The second-order valence-electron chi connectivity index (χ2n) is 4.87. The normalized spacial score (nSPS) is 16.0. The number of benzene rings is 1. The van der Waals surface area contributed by atoms with Gasteiger partial charge in [-0.3, -0.25) is 4.90 Å². The number of carboxylic acids is 1. The average molecular weight is 279 g/mol. The Kier molecular flexibility index (Phi) is 4.74. The van der Waals surface area contributed by atoms with Gasteiger partial charge in [0.1, 0.15) is 11.6 Å². The minimum Gasteiger partial charge on any atom is -0.496 e. The van der Waals surface area contributed by atoms with Crippen molar-refractivity contribution in [3.8, 4) is 5.75 Å². The van der Waals surface area contributed by atoms with E-state index in [0.29, 0.717) is 12.3 Å². The van der Waals surface area contributed by atoms with Crippen LogP contribution in [0.25, 0.3) is 0 Å². The first-order valence-electron chi connectivity index (χ1n) is 6.55. The van der Waals surface area contributed by atoms with Gasteiger partial charge in [0.15, 0.2) is 0 Å². The first-order valence-corrected chi connectivity index (χ1v) is 6.55. The lowest BCUT2D eigenvalue weighted by molar-refractivity contribution is -0.131. The third-order valence-corrected chi connectivity index (χ3v) is 3.46. The molecule has 0 aliphatic carbocycles. The van der Waals surface area contributed by atoms with Crippen LogP contribution in [-0.2, 0) is 11.3 Å². The molecule has 0 amide bonds. The molecular formula is C15H18FNO3. The molecule has 1 aliphatic rings. The third kappa shape index (κ3) is 3.81. The zero-order chi connectivity index (χ0) is 14.5. The van der Waals surface area contributed by atoms with Crippen LogP contribution in [0.3, 0.4) is 0 Å². The van der Waals surface area contributed by atoms with Crippen LogP contribution in [0.4, 0.5) is 4.39 Å². The molecule has 1 heterocycles. The minimum atomic E-state index is -0.889. The predicted molar refractivity (Wildman–Crippen MR) is 73.2 cm³/mol. The Morgan fingerprint density at radius 1 is 1.45 bits per heavy atom. The summed E-state index contributed by atoms with van der Waals surface area (Å²) in [4.78, 5) is 12.8. The monoisotopic (exact) mass is 279 g/mol. The fourth-order valence-electron chi connectivity index (χ4n) is 2.43. The molecule has 1 aromatic rings. The second kappa shape index (κ2) is 6.52. The summed E-state index contributed by atoms with van der Waals surface area (Å²) in [6.45, 7) is 2.17. The van der Waals surface area contributed by atoms with Crippen LogP contribution in [0.1, 0.15) is 18.4 Å². The van der Waals surface area contributed by atoms with E-state index in [1.165, 1.54) is 18.2 Å². The number of hydrogen-bond donors (Lipinski definition) is 1. The summed E-state index contributed by atoms with van der Waals surface area (Å²) in [7, 11) is 1.57. The Bertz CT molecular complexity index is 518. The molecule has 1 N–H and O–H groups in total. The topological polar surface area (TPSA) is 49.8 Å². The zero-order valence-electron chi connectivity index (χ0n) is 11.4. The van der Waals surface area contributed by atoms with Crippen LogP contribution < -0.4 is 4.74 Å². The highest BCUT2D eigenvalue weighted by Crippen LogP contribution is 2.24. The smallest absolute Gasteiger partial charge is 0.328 e. The van der Waals surface area contributed by atoms with Crippen molar-refractivity contribution in [1.29, 1.82) is 0 Å². The first kappa shape index (κ1) is 14.5. The number of likely N-dealkylation sites (tertiary alicyclic amines) is 1. The van der Waals surface area contributed by atoms with E-state index >= 15 is 0 Å². The Morgan fingerprint density at radius 2 is 2.15 bits per heavy atom. The standard InChI is InChI=1S/C15H18FNO3/c1-20-14-3-2-13(16)9-12(14)10-17-6-4-11(5-7-17)8-15(18)19/h2-3,8-9H,4-7,10H2,1H3,(H,18,19). The quantitative estimate of drug-likeness (QED) is 0.860. The highest BCUT2D eigenvalue weighted by atomic mass is 19.1. The average Bonchev–Trinajstić information content (AvgIpc) is 2.41. The van der Waals surface area contributed by atoms with Crippen LogP contribution in [0, 0.1) is 5.82 Å². The van der Waals surface area contributed by atoms with E-state index in [1.54, 1.807) is 13.2 Å². The molecule has 0 bridgehead atoms. The molecule has 0 atom stereocenters. The molecule has 1 aliphatic heterocycles. The molecule has 5 heteroatoms. The summed E-state index contributed by atoms with van der Waals surface area (Å²) in [6, 6.07) is 4.50. The van der Waals surface area contributed by atoms with Crippen molar-refractivity contribution in [2.45, 2.75) is 19.4 Å². The van der Waals surface area contributed by atoms with E-state index in [9.17, 15) is 9.18 Å². The summed E-state index contributed by atoms with van der Waals surface area (Å²) >= 11 is 0. The van der Waals surface area contributed by atoms with Gasteiger partial charge in [0.25, 0.3) is 0 Å². The lowest BCUT2D eigenvalue weighted by Crippen LogP contribution is -2.30. The number of nitrogens with zero attached hydrogens (tertiary/aromatic N) is 1. The Balaban J connectivity index is 1.99. The largest absolute Gasteiger partial charge is 0.496 e. The van der Waals surface area contributed by atoms with Gasteiger partial charge in [-0.05, 0) is 31.0 Å². The molecule has 2 rings (SSSR count). The van der Waals surface area contributed by atoms with E-state index in [-0.39, 0.29) is 5.82 Å². The van der Waals surface area contributed by atoms with Crippen LogP contribution in [0.5, 0.6) is 5.75 Å². The van der Waals surface area contributed by atoms with Gasteiger partial charge in [-0.1, -0.05) is 5.57 Å². The molecule has 0 aromatic heterocycles. The van der Waals surface area contributed by atoms with Crippen molar-refractivity contribution in [2.24, 2.45) is 0 Å². The lowest BCUT2D eigenvalue weighted by atomic mass is 10.0. The van der Waals surface area contributed by atoms with Gasteiger partial charge >= 0.3 is 5.97 Å². The van der Waals surface area contributed by atoms with Crippen molar-refractivity contribution in [1.82, 2.24) is 4.90 Å². The van der Waals surface area contributed by atoms with Crippen LogP contribution in [0.2, 0.25) is 0 Å². The van der Waals surface area contributed by atoms with Crippen LogP contribution in [-0.4, -0.2) is 36.2 Å². The Labute approximate surface area is 117 Å². The number of hydrogen-bond acceptors (Lipinski definition) is 3. The van der Waals surface area contributed by atoms with Gasteiger partial charge in [-0.25, -0.2) is 9.18 Å². The molecule has 1 aromatic carbocycles. The maximum absolute atomic E-state index is 13.3. The molecule has 0 saturated carbocycles. The molecule has 1 fully saturated rings. The lowest BCUT2D eigenvalue weighted by Gasteiger charge is -2.28. The number of rotatable bonds is 4. The van der Waals surface area contributed by atoms with Crippen molar-refractivity contribution in [3.05, 3.63) is 41.2 Å². The maximum Gasteiger partial charge on any atom is 0.328 e. The fraction of sp³-hybridized carbons (Fsp3) is 0.400. The van der Waals surface area contributed by atoms with Crippen molar-refractivity contribution in [3.63, 3.8) is 0 Å². The number of carboxylic acid groups (broad SMARTS) is 1. The SMILES string of the molecule is COc1ccc(F)cc1CN1CCC(=CC(=O)O)CC1. The van der Waals surface area contributed by atoms with Gasteiger partial charge in [0, 0.05) is 31.3 Å². The predicted octanol–water partition coefficient (Wildman–Crippen LogP) is 2.44. The van der Waals surface area contributed by atoms with Crippen molar-refractivity contribution >= 4 is 5.97 Å². The van der Waals surface area contributed by atoms with E-state index in [4.69, 9.17) is 9.84 Å². The molecule has 0 unspecified atom stereocenters. The fourth-order valence-corrected chi connectivity index (χ4v) is 2.43. The second-order valence-corrected chi connectivity index (χ2v) is 4.87. The summed E-state index contributed by atoms with van der Waals surface area (Å²) in [5, 5.41) is 8.72. The number of piperidine rings is 1. The summed E-state index contributed by atoms with van der Waals surface area (Å²) < 4.78 is 18.5. The summed E-state index contributed by atoms with van der Waals surface area (Å²) in [6.07, 6.45) is 2.77. The molecule has 1 saturated heterocycles. The van der Waals surface area contributed by atoms with E-state index < -0.39 is 5.97 Å². The van der Waals surface area contributed by atoms with Gasteiger partial charge in [0.05, 0.1) is 7.11 Å². The van der Waals surface area contributed by atoms with Crippen molar-refractivity contribution in [2.75, 3.05) is 20.2 Å². The van der Waals surface area contributed by atoms with Gasteiger partial charge in [-0.2, -0.15) is 0 Å². The third-order valence-electron chi connectivity index (χ3n) is 3.46. The highest BCUT2D eigenvalue weighted by Gasteiger charge is 2.16. The van der Waals surface area contributed by atoms with Gasteiger partial charge in [0.2, 0.25) is 0 Å². The molecule has 0 radical (unpaired) electrons. The summed E-state index contributed by atoms with van der Waals surface area (Å²) in [5.74, 6) is -0.484.